The number of rotatable bonds is 3. The zero-order chi connectivity index (χ0) is 14.0. The third kappa shape index (κ3) is 2.78. The Bertz CT molecular complexity index is 515. The molecule has 2 amide bonds. The van der Waals surface area contributed by atoms with Gasteiger partial charge in [0.25, 0.3) is 5.91 Å². The molecule has 0 radical (unpaired) electrons. The summed E-state index contributed by atoms with van der Waals surface area (Å²) in [7, 11) is 1.76. The van der Waals surface area contributed by atoms with Crippen LogP contribution in [0.15, 0.2) is 18.2 Å². The highest BCUT2D eigenvalue weighted by atomic mass is 16.2. The van der Waals surface area contributed by atoms with Crippen molar-refractivity contribution in [3.05, 3.63) is 23.8 Å². The lowest BCUT2D eigenvalue weighted by Gasteiger charge is -2.31. The largest absolute Gasteiger partial charge is 0.397 e. The van der Waals surface area contributed by atoms with E-state index in [4.69, 9.17) is 11.5 Å². The number of nitrogens with zero attached hydrogens (tertiary/aromatic N) is 1. The number of likely N-dealkylation sites (tertiary alicyclic amines) is 1. The molecule has 1 fully saturated rings. The molecule has 5 N–H and O–H groups in total. The molecule has 0 aromatic heterocycles. The van der Waals surface area contributed by atoms with Crippen LogP contribution in [-0.4, -0.2) is 36.3 Å². The van der Waals surface area contributed by atoms with E-state index in [0.29, 0.717) is 29.9 Å². The van der Waals surface area contributed by atoms with Crippen LogP contribution in [0.3, 0.4) is 0 Å². The van der Waals surface area contributed by atoms with Gasteiger partial charge in [0, 0.05) is 26.1 Å². The van der Waals surface area contributed by atoms with Gasteiger partial charge in [-0.05, 0) is 18.6 Å². The molecular weight excluding hydrogens is 244 g/mol. The Morgan fingerprint density at radius 1 is 1.47 bits per heavy atom. The zero-order valence-electron chi connectivity index (χ0n) is 10.8. The highest BCUT2D eigenvalue weighted by Gasteiger charge is 2.24. The number of hydrogen-bond acceptors (Lipinski definition) is 4. The van der Waals surface area contributed by atoms with Gasteiger partial charge in [-0.25, -0.2) is 0 Å². The van der Waals surface area contributed by atoms with Gasteiger partial charge in [-0.3, -0.25) is 9.59 Å². The second-order valence-electron chi connectivity index (χ2n) is 4.79. The monoisotopic (exact) mass is 262 g/mol. The van der Waals surface area contributed by atoms with Gasteiger partial charge in [0.05, 0.1) is 16.9 Å². The minimum absolute atomic E-state index is 0.0745. The Hall–Kier alpha value is -2.24. The summed E-state index contributed by atoms with van der Waals surface area (Å²) < 4.78 is 0. The van der Waals surface area contributed by atoms with Crippen molar-refractivity contribution >= 4 is 23.2 Å². The third-order valence-electron chi connectivity index (χ3n) is 3.34. The van der Waals surface area contributed by atoms with Gasteiger partial charge in [-0.2, -0.15) is 0 Å². The minimum Gasteiger partial charge on any atom is -0.397 e. The van der Waals surface area contributed by atoms with Gasteiger partial charge in [0.2, 0.25) is 5.91 Å². The lowest BCUT2D eigenvalue weighted by atomic mass is 10.0. The molecule has 1 aromatic rings. The molecule has 2 rings (SSSR count). The molecule has 1 heterocycles. The van der Waals surface area contributed by atoms with Crippen LogP contribution in [0.2, 0.25) is 0 Å². The van der Waals surface area contributed by atoms with Crippen molar-refractivity contribution in [2.24, 2.45) is 5.73 Å². The number of nitrogens with two attached hydrogens (primary N) is 2. The SMILES string of the molecule is CN1CC(Nc2c(N)cccc2C(N)=O)CCC1=O. The van der Waals surface area contributed by atoms with Gasteiger partial charge < -0.3 is 21.7 Å². The molecule has 1 aliphatic rings. The Kier molecular flexibility index (Phi) is 3.59. The van der Waals surface area contributed by atoms with Crippen LogP contribution in [0.1, 0.15) is 23.2 Å². The predicted molar refractivity (Wildman–Crippen MR) is 73.7 cm³/mol. The molecule has 0 spiro atoms. The molecule has 1 saturated heterocycles. The number of nitrogen functional groups attached to an aromatic ring is 1. The first-order valence-corrected chi connectivity index (χ1v) is 6.18. The number of carbonyl (C=O) groups is 2. The number of benzene rings is 1. The first-order valence-electron chi connectivity index (χ1n) is 6.18. The summed E-state index contributed by atoms with van der Waals surface area (Å²) in [4.78, 5) is 24.5. The molecular formula is C13H18N4O2. The van der Waals surface area contributed by atoms with Crippen LogP contribution in [0, 0.1) is 0 Å². The molecule has 1 aromatic carbocycles. The summed E-state index contributed by atoms with van der Waals surface area (Å²) in [6.45, 7) is 0.589. The summed E-state index contributed by atoms with van der Waals surface area (Å²) in [6.07, 6.45) is 1.21. The Balaban J connectivity index is 2.19. The lowest BCUT2D eigenvalue weighted by Crippen LogP contribution is -2.43. The summed E-state index contributed by atoms with van der Waals surface area (Å²) in [5.41, 5.74) is 12.6. The number of primary amides is 1. The molecule has 1 atom stereocenters. The van der Waals surface area contributed by atoms with Crippen LogP contribution >= 0.6 is 0 Å². The normalized spacial score (nSPS) is 19.3. The number of likely N-dealkylation sites (N-methyl/N-ethyl adjacent to an activating group) is 1. The highest BCUT2D eigenvalue weighted by Crippen LogP contribution is 2.25. The van der Waals surface area contributed by atoms with Crippen molar-refractivity contribution in [1.82, 2.24) is 4.90 Å². The molecule has 1 unspecified atom stereocenters. The van der Waals surface area contributed by atoms with Crippen LogP contribution < -0.4 is 16.8 Å². The van der Waals surface area contributed by atoms with E-state index >= 15 is 0 Å². The Morgan fingerprint density at radius 3 is 2.84 bits per heavy atom. The second kappa shape index (κ2) is 5.17. The fourth-order valence-corrected chi connectivity index (χ4v) is 2.27. The maximum absolute atomic E-state index is 11.4. The molecule has 102 valence electrons. The van der Waals surface area contributed by atoms with Crippen molar-refractivity contribution in [3.63, 3.8) is 0 Å². The topological polar surface area (TPSA) is 101 Å². The quantitative estimate of drug-likeness (QED) is 0.686. The van der Waals surface area contributed by atoms with Crippen LogP contribution in [0.5, 0.6) is 0 Å². The summed E-state index contributed by atoms with van der Waals surface area (Å²) >= 11 is 0. The van der Waals surface area contributed by atoms with Crippen molar-refractivity contribution in [2.75, 3.05) is 24.6 Å². The zero-order valence-corrected chi connectivity index (χ0v) is 10.8. The second-order valence-corrected chi connectivity index (χ2v) is 4.79. The smallest absolute Gasteiger partial charge is 0.250 e. The van der Waals surface area contributed by atoms with Crippen LogP contribution in [-0.2, 0) is 4.79 Å². The van der Waals surface area contributed by atoms with Crippen molar-refractivity contribution in [3.8, 4) is 0 Å². The van der Waals surface area contributed by atoms with Crippen molar-refractivity contribution < 1.29 is 9.59 Å². The van der Waals surface area contributed by atoms with E-state index < -0.39 is 5.91 Å². The number of amides is 2. The Morgan fingerprint density at radius 2 is 2.21 bits per heavy atom. The van der Waals surface area contributed by atoms with E-state index in [1.807, 2.05) is 0 Å². The number of para-hydroxylation sites is 1. The average molecular weight is 262 g/mol. The summed E-state index contributed by atoms with van der Waals surface area (Å²) in [5.74, 6) is -0.385. The number of anilines is 2. The number of nitrogens with one attached hydrogen (secondary N) is 1. The van der Waals surface area contributed by atoms with Gasteiger partial charge in [0.1, 0.15) is 0 Å². The first-order chi connectivity index (χ1) is 8.99. The predicted octanol–water partition coefficient (Wildman–Crippen LogP) is 0.400. The van der Waals surface area contributed by atoms with Gasteiger partial charge in [0.15, 0.2) is 0 Å². The first kappa shape index (κ1) is 13.2. The van der Waals surface area contributed by atoms with Gasteiger partial charge in [-0.1, -0.05) is 6.07 Å². The van der Waals surface area contributed by atoms with E-state index in [1.54, 1.807) is 30.1 Å². The highest BCUT2D eigenvalue weighted by molar-refractivity contribution is 6.01. The van der Waals surface area contributed by atoms with E-state index in [1.165, 1.54) is 0 Å². The van der Waals surface area contributed by atoms with E-state index in [-0.39, 0.29) is 11.9 Å². The fraction of sp³-hybridized carbons (Fsp3) is 0.385. The Labute approximate surface area is 111 Å². The molecule has 19 heavy (non-hydrogen) atoms. The minimum atomic E-state index is -0.518. The maximum atomic E-state index is 11.4. The third-order valence-corrected chi connectivity index (χ3v) is 3.34. The van der Waals surface area contributed by atoms with E-state index in [9.17, 15) is 9.59 Å². The van der Waals surface area contributed by atoms with Crippen molar-refractivity contribution in [2.45, 2.75) is 18.9 Å². The van der Waals surface area contributed by atoms with Crippen LogP contribution in [0.4, 0.5) is 11.4 Å². The van der Waals surface area contributed by atoms with E-state index in [0.717, 1.165) is 6.42 Å². The number of piperidine rings is 1. The molecule has 1 aliphatic heterocycles. The van der Waals surface area contributed by atoms with E-state index in [2.05, 4.69) is 5.32 Å². The fourth-order valence-electron chi connectivity index (χ4n) is 2.27. The number of carbonyl (C=O) groups excluding carboxylic acids is 2. The molecule has 6 nitrogen and oxygen atoms in total. The molecule has 0 saturated carbocycles. The van der Waals surface area contributed by atoms with Gasteiger partial charge >= 0.3 is 0 Å². The molecule has 6 heteroatoms. The summed E-state index contributed by atoms with van der Waals surface area (Å²) in [6, 6.07) is 5.12. The average Bonchev–Trinajstić information content (AvgIpc) is 2.36. The van der Waals surface area contributed by atoms with Gasteiger partial charge in [-0.15, -0.1) is 0 Å². The molecule has 0 aliphatic carbocycles. The summed E-state index contributed by atoms with van der Waals surface area (Å²) in [5, 5.41) is 3.23. The van der Waals surface area contributed by atoms with Crippen LogP contribution in [0.25, 0.3) is 0 Å². The number of hydrogen-bond donors (Lipinski definition) is 3. The van der Waals surface area contributed by atoms with Crippen molar-refractivity contribution in [1.29, 1.82) is 0 Å². The maximum Gasteiger partial charge on any atom is 0.250 e. The standard InChI is InChI=1S/C13H18N4O2/c1-17-7-8(5-6-11(17)18)16-12-9(13(15)19)3-2-4-10(12)14/h2-4,8,16H,5-7,14H2,1H3,(H2,15,19). The molecule has 0 bridgehead atoms. The lowest BCUT2D eigenvalue weighted by molar-refractivity contribution is -0.132.